The SMILES string of the molecule is COc1ccc(CCNC(=O)/C(C#N)=C\NCc2ccccc2Br)cc1. The van der Waals surface area contributed by atoms with E-state index in [1.54, 1.807) is 7.11 Å². The Hall–Kier alpha value is -2.78. The summed E-state index contributed by atoms with van der Waals surface area (Å²) < 4.78 is 6.09. The molecule has 0 saturated carbocycles. The molecule has 0 spiro atoms. The first-order valence-corrected chi connectivity index (χ1v) is 8.91. The van der Waals surface area contributed by atoms with Crippen LogP contribution >= 0.6 is 15.9 Å². The highest BCUT2D eigenvalue weighted by atomic mass is 79.9. The van der Waals surface area contributed by atoms with Gasteiger partial charge in [0.05, 0.1) is 7.11 Å². The van der Waals surface area contributed by atoms with E-state index in [-0.39, 0.29) is 11.5 Å². The van der Waals surface area contributed by atoms with Crippen LogP contribution in [-0.2, 0) is 17.8 Å². The maximum atomic E-state index is 12.1. The number of nitrogens with zero attached hydrogens (tertiary/aromatic N) is 1. The number of nitriles is 1. The quantitative estimate of drug-likeness (QED) is 0.514. The van der Waals surface area contributed by atoms with Crippen LogP contribution in [0.25, 0.3) is 0 Å². The van der Waals surface area contributed by atoms with Gasteiger partial charge in [0.15, 0.2) is 0 Å². The predicted octanol–water partition coefficient (Wildman–Crippen LogP) is 3.31. The maximum absolute atomic E-state index is 12.1. The standard InChI is InChI=1S/C20H20BrN3O2/c1-26-18-8-6-15(7-9-18)10-11-24-20(25)17(12-22)14-23-13-16-4-2-3-5-19(16)21/h2-9,14,23H,10-11,13H2,1H3,(H,24,25)/b17-14-. The van der Waals surface area contributed by atoms with Crippen LogP contribution in [0.4, 0.5) is 0 Å². The Balaban J connectivity index is 1.81. The number of benzene rings is 2. The summed E-state index contributed by atoms with van der Waals surface area (Å²) in [6.07, 6.45) is 2.13. The van der Waals surface area contributed by atoms with Gasteiger partial charge in [-0.3, -0.25) is 4.79 Å². The highest BCUT2D eigenvalue weighted by molar-refractivity contribution is 9.10. The molecule has 2 aromatic rings. The number of methoxy groups -OCH3 is 1. The van der Waals surface area contributed by atoms with E-state index in [1.807, 2.05) is 54.6 Å². The zero-order valence-corrected chi connectivity index (χ0v) is 16.0. The Bertz CT molecular complexity index is 811. The molecule has 0 saturated heterocycles. The van der Waals surface area contributed by atoms with Crippen molar-refractivity contribution in [2.75, 3.05) is 13.7 Å². The van der Waals surface area contributed by atoms with Crippen molar-refractivity contribution in [1.82, 2.24) is 10.6 Å². The molecular formula is C20H20BrN3O2. The number of rotatable bonds is 8. The molecule has 1 amide bonds. The summed E-state index contributed by atoms with van der Waals surface area (Å²) >= 11 is 3.46. The third-order valence-corrected chi connectivity index (χ3v) is 4.49. The van der Waals surface area contributed by atoms with Gasteiger partial charge in [0.1, 0.15) is 17.4 Å². The lowest BCUT2D eigenvalue weighted by molar-refractivity contribution is -0.117. The number of ether oxygens (including phenoxy) is 1. The lowest BCUT2D eigenvalue weighted by Crippen LogP contribution is -2.27. The van der Waals surface area contributed by atoms with Gasteiger partial charge < -0.3 is 15.4 Å². The van der Waals surface area contributed by atoms with Crippen molar-refractivity contribution in [2.24, 2.45) is 0 Å². The van der Waals surface area contributed by atoms with Gasteiger partial charge in [-0.1, -0.05) is 46.3 Å². The summed E-state index contributed by atoms with van der Waals surface area (Å²) in [6, 6.07) is 17.4. The molecule has 0 aromatic heterocycles. The molecule has 0 unspecified atom stereocenters. The van der Waals surface area contributed by atoms with Gasteiger partial charge >= 0.3 is 0 Å². The molecule has 26 heavy (non-hydrogen) atoms. The number of amides is 1. The van der Waals surface area contributed by atoms with Crippen LogP contribution in [0.3, 0.4) is 0 Å². The van der Waals surface area contributed by atoms with Gasteiger partial charge in [0.25, 0.3) is 5.91 Å². The lowest BCUT2D eigenvalue weighted by atomic mass is 10.1. The summed E-state index contributed by atoms with van der Waals surface area (Å²) in [5.41, 5.74) is 2.17. The lowest BCUT2D eigenvalue weighted by Gasteiger charge is -2.07. The number of carbonyl (C=O) groups excluding carboxylic acids is 1. The number of nitrogens with one attached hydrogen (secondary N) is 2. The molecule has 2 aromatic carbocycles. The second kappa shape index (κ2) is 10.3. The minimum absolute atomic E-state index is 0.0479. The number of carbonyl (C=O) groups is 1. The summed E-state index contributed by atoms with van der Waals surface area (Å²) in [5.74, 6) is 0.407. The molecule has 0 fully saturated rings. The largest absolute Gasteiger partial charge is 0.497 e. The second-order valence-electron chi connectivity index (χ2n) is 5.50. The monoisotopic (exact) mass is 413 g/mol. The molecule has 6 heteroatoms. The van der Waals surface area contributed by atoms with E-state index in [2.05, 4.69) is 26.6 Å². The van der Waals surface area contributed by atoms with Gasteiger partial charge in [-0.15, -0.1) is 0 Å². The van der Waals surface area contributed by atoms with Crippen molar-refractivity contribution in [3.63, 3.8) is 0 Å². The Kier molecular flexibility index (Phi) is 7.72. The molecule has 0 atom stereocenters. The van der Waals surface area contributed by atoms with Crippen LogP contribution in [0, 0.1) is 11.3 Å². The third kappa shape index (κ3) is 5.94. The Morgan fingerprint density at radius 3 is 2.62 bits per heavy atom. The highest BCUT2D eigenvalue weighted by Gasteiger charge is 2.08. The summed E-state index contributed by atoms with van der Waals surface area (Å²) in [6.45, 7) is 0.972. The van der Waals surface area contributed by atoms with Crippen LogP contribution in [0.5, 0.6) is 5.75 Å². The zero-order valence-electron chi connectivity index (χ0n) is 14.5. The molecule has 5 nitrogen and oxygen atoms in total. The smallest absolute Gasteiger partial charge is 0.263 e. The number of hydrogen-bond acceptors (Lipinski definition) is 4. The zero-order chi connectivity index (χ0) is 18.8. The van der Waals surface area contributed by atoms with E-state index in [4.69, 9.17) is 4.74 Å². The van der Waals surface area contributed by atoms with Crippen LogP contribution in [0.2, 0.25) is 0 Å². The molecule has 0 aliphatic heterocycles. The van der Waals surface area contributed by atoms with Crippen molar-refractivity contribution < 1.29 is 9.53 Å². The predicted molar refractivity (Wildman–Crippen MR) is 104 cm³/mol. The molecule has 134 valence electrons. The van der Waals surface area contributed by atoms with E-state index in [0.717, 1.165) is 21.3 Å². The first-order valence-electron chi connectivity index (χ1n) is 8.12. The Morgan fingerprint density at radius 2 is 1.96 bits per heavy atom. The van der Waals surface area contributed by atoms with Crippen LogP contribution < -0.4 is 15.4 Å². The fraction of sp³-hybridized carbons (Fsp3) is 0.200. The summed E-state index contributed by atoms with van der Waals surface area (Å²) in [5, 5.41) is 14.9. The molecule has 0 aliphatic rings. The topological polar surface area (TPSA) is 74.1 Å². The average Bonchev–Trinajstić information content (AvgIpc) is 2.67. The van der Waals surface area contributed by atoms with Crippen molar-refractivity contribution in [2.45, 2.75) is 13.0 Å². The van der Waals surface area contributed by atoms with Crippen LogP contribution in [0.15, 0.2) is 64.8 Å². The van der Waals surface area contributed by atoms with Gasteiger partial charge in [-0.25, -0.2) is 0 Å². The minimum Gasteiger partial charge on any atom is -0.497 e. The van der Waals surface area contributed by atoms with Gasteiger partial charge in [0, 0.05) is 23.8 Å². The summed E-state index contributed by atoms with van der Waals surface area (Å²) in [4.78, 5) is 12.1. The molecule has 0 heterocycles. The van der Waals surface area contributed by atoms with Gasteiger partial charge in [-0.2, -0.15) is 5.26 Å². The van der Waals surface area contributed by atoms with E-state index in [0.29, 0.717) is 19.5 Å². The molecule has 0 bridgehead atoms. The average molecular weight is 414 g/mol. The maximum Gasteiger partial charge on any atom is 0.263 e. The van der Waals surface area contributed by atoms with Gasteiger partial charge in [0.2, 0.25) is 0 Å². The van der Waals surface area contributed by atoms with E-state index >= 15 is 0 Å². The summed E-state index contributed by atoms with van der Waals surface area (Å²) in [7, 11) is 1.62. The number of halogens is 1. The second-order valence-corrected chi connectivity index (χ2v) is 6.35. The van der Waals surface area contributed by atoms with Crippen molar-refractivity contribution >= 4 is 21.8 Å². The van der Waals surface area contributed by atoms with E-state index < -0.39 is 0 Å². The van der Waals surface area contributed by atoms with E-state index in [1.165, 1.54) is 6.20 Å². The molecule has 0 aliphatic carbocycles. The van der Waals surface area contributed by atoms with Crippen molar-refractivity contribution in [1.29, 1.82) is 5.26 Å². The molecule has 2 N–H and O–H groups in total. The van der Waals surface area contributed by atoms with E-state index in [9.17, 15) is 10.1 Å². The highest BCUT2D eigenvalue weighted by Crippen LogP contribution is 2.15. The first kappa shape index (κ1) is 19.5. The third-order valence-electron chi connectivity index (χ3n) is 3.72. The Morgan fingerprint density at radius 1 is 1.23 bits per heavy atom. The molecular weight excluding hydrogens is 394 g/mol. The van der Waals surface area contributed by atoms with Crippen LogP contribution in [0.1, 0.15) is 11.1 Å². The molecule has 0 radical (unpaired) electrons. The normalized spacial score (nSPS) is 10.7. The van der Waals surface area contributed by atoms with Gasteiger partial charge in [-0.05, 0) is 35.7 Å². The minimum atomic E-state index is -0.388. The fourth-order valence-electron chi connectivity index (χ4n) is 2.26. The number of hydrogen-bond donors (Lipinski definition) is 2. The van der Waals surface area contributed by atoms with Crippen molar-refractivity contribution in [3.05, 3.63) is 75.9 Å². The first-order chi connectivity index (χ1) is 12.6. The Labute approximate surface area is 161 Å². The molecule has 2 rings (SSSR count). The van der Waals surface area contributed by atoms with Crippen molar-refractivity contribution in [3.8, 4) is 11.8 Å². The fourth-order valence-corrected chi connectivity index (χ4v) is 2.69. The van der Waals surface area contributed by atoms with Crippen LogP contribution in [-0.4, -0.2) is 19.6 Å².